The number of amides is 2. The zero-order valence-corrected chi connectivity index (χ0v) is 14.9. The Balaban J connectivity index is 1.49. The molecule has 1 aromatic carbocycles. The van der Waals surface area contributed by atoms with Gasteiger partial charge in [-0.1, -0.05) is 23.7 Å². The Morgan fingerprint density at radius 3 is 2.68 bits per heavy atom. The van der Waals surface area contributed by atoms with Gasteiger partial charge in [0.1, 0.15) is 6.54 Å². The minimum absolute atomic E-state index is 0.0130. The Bertz CT molecular complexity index is 654. The summed E-state index contributed by atoms with van der Waals surface area (Å²) >= 11 is 5.91. The van der Waals surface area contributed by atoms with E-state index in [1.165, 1.54) is 30.9 Å². The highest BCUT2D eigenvalue weighted by Crippen LogP contribution is 2.19. The minimum atomic E-state index is -0.142. The molecule has 3 rings (SSSR count). The van der Waals surface area contributed by atoms with Crippen molar-refractivity contribution >= 4 is 29.1 Å². The van der Waals surface area contributed by atoms with Crippen molar-refractivity contribution in [2.45, 2.75) is 19.3 Å². The zero-order valence-electron chi connectivity index (χ0n) is 14.2. The topological polar surface area (TPSA) is 65.9 Å². The van der Waals surface area contributed by atoms with Crippen LogP contribution in [0.25, 0.3) is 5.70 Å². The molecular weight excluding hydrogens is 340 g/mol. The van der Waals surface area contributed by atoms with Crippen LogP contribution in [0.15, 0.2) is 30.3 Å². The standard InChI is InChI=1S/C18H23ClN4O2/c19-15-5-3-14(4-6-15)16-7-8-18(25)23(21-16)13-17(24)20-9-12-22-10-1-2-11-22/h3-7,21H,1-2,8-13H2,(H,20,24)/p+1. The highest BCUT2D eigenvalue weighted by atomic mass is 35.5. The van der Waals surface area contributed by atoms with Crippen molar-refractivity contribution in [2.24, 2.45) is 0 Å². The van der Waals surface area contributed by atoms with Crippen LogP contribution in [0.2, 0.25) is 5.02 Å². The highest BCUT2D eigenvalue weighted by Gasteiger charge is 2.22. The number of hydrogen-bond acceptors (Lipinski definition) is 3. The van der Waals surface area contributed by atoms with Gasteiger partial charge in [-0.05, 0) is 23.8 Å². The maximum Gasteiger partial charge on any atom is 0.245 e. The molecule has 2 heterocycles. The second-order valence-corrected chi connectivity index (χ2v) is 6.91. The quantitative estimate of drug-likeness (QED) is 0.677. The van der Waals surface area contributed by atoms with Crippen molar-refractivity contribution in [1.82, 2.24) is 15.8 Å². The predicted molar refractivity (Wildman–Crippen MR) is 96.7 cm³/mol. The molecule has 0 atom stereocenters. The van der Waals surface area contributed by atoms with Gasteiger partial charge in [-0.25, -0.2) is 5.01 Å². The second kappa shape index (κ2) is 8.36. The molecule has 2 amide bonds. The lowest BCUT2D eigenvalue weighted by Crippen LogP contribution is -3.10. The van der Waals surface area contributed by atoms with E-state index in [4.69, 9.17) is 11.6 Å². The van der Waals surface area contributed by atoms with Crippen LogP contribution < -0.4 is 15.6 Å². The summed E-state index contributed by atoms with van der Waals surface area (Å²) in [6, 6.07) is 7.36. The van der Waals surface area contributed by atoms with E-state index in [1.54, 1.807) is 17.0 Å². The van der Waals surface area contributed by atoms with Crippen LogP contribution in [0.3, 0.4) is 0 Å². The third kappa shape index (κ3) is 4.96. The molecule has 2 aliphatic rings. The van der Waals surface area contributed by atoms with Crippen LogP contribution >= 0.6 is 11.6 Å². The number of hydrazine groups is 1. The van der Waals surface area contributed by atoms with Crippen molar-refractivity contribution in [2.75, 3.05) is 32.7 Å². The van der Waals surface area contributed by atoms with Crippen molar-refractivity contribution in [3.05, 3.63) is 40.9 Å². The summed E-state index contributed by atoms with van der Waals surface area (Å²) in [6.07, 6.45) is 4.65. The van der Waals surface area contributed by atoms with Gasteiger partial charge in [0.05, 0.1) is 31.9 Å². The molecule has 0 spiro atoms. The molecule has 134 valence electrons. The molecule has 0 aromatic heterocycles. The van der Waals surface area contributed by atoms with Crippen LogP contribution in [0.4, 0.5) is 0 Å². The van der Waals surface area contributed by atoms with E-state index in [1.807, 2.05) is 18.2 Å². The number of benzene rings is 1. The smallest absolute Gasteiger partial charge is 0.245 e. The van der Waals surface area contributed by atoms with Crippen molar-refractivity contribution in [3.8, 4) is 0 Å². The molecule has 2 aliphatic heterocycles. The van der Waals surface area contributed by atoms with E-state index < -0.39 is 0 Å². The van der Waals surface area contributed by atoms with E-state index in [0.717, 1.165) is 17.8 Å². The SMILES string of the molecule is O=C(CN1NC(c2ccc(Cl)cc2)=CCC1=O)NCC[NH+]1CCCC1. The number of likely N-dealkylation sites (tertiary alicyclic amines) is 1. The Hall–Kier alpha value is -2.05. The van der Waals surface area contributed by atoms with E-state index in [0.29, 0.717) is 11.6 Å². The van der Waals surface area contributed by atoms with Gasteiger partial charge in [-0.15, -0.1) is 0 Å². The van der Waals surface area contributed by atoms with Gasteiger partial charge in [-0.2, -0.15) is 0 Å². The monoisotopic (exact) mass is 363 g/mol. The summed E-state index contributed by atoms with van der Waals surface area (Å²) in [4.78, 5) is 25.7. The lowest BCUT2D eigenvalue weighted by molar-refractivity contribution is -0.886. The largest absolute Gasteiger partial charge is 0.349 e. The first kappa shape index (κ1) is 17.8. The fourth-order valence-corrected chi connectivity index (χ4v) is 3.32. The average Bonchev–Trinajstić information content (AvgIpc) is 3.11. The van der Waals surface area contributed by atoms with Gasteiger partial charge in [0.25, 0.3) is 0 Å². The fraction of sp³-hybridized carbons (Fsp3) is 0.444. The molecule has 0 bridgehead atoms. The van der Waals surface area contributed by atoms with Crippen LogP contribution in [-0.2, 0) is 9.59 Å². The van der Waals surface area contributed by atoms with Gasteiger partial charge in [0, 0.05) is 24.3 Å². The van der Waals surface area contributed by atoms with Crippen LogP contribution in [0, 0.1) is 0 Å². The van der Waals surface area contributed by atoms with Gasteiger partial charge in [0.2, 0.25) is 11.8 Å². The Morgan fingerprint density at radius 1 is 1.24 bits per heavy atom. The molecule has 0 aliphatic carbocycles. The van der Waals surface area contributed by atoms with Gasteiger partial charge >= 0.3 is 0 Å². The Kier molecular flexibility index (Phi) is 5.94. The molecule has 0 unspecified atom stereocenters. The first-order chi connectivity index (χ1) is 12.1. The molecule has 0 saturated carbocycles. The average molecular weight is 364 g/mol. The summed E-state index contributed by atoms with van der Waals surface area (Å²) < 4.78 is 0. The number of halogens is 1. The molecule has 3 N–H and O–H groups in total. The van der Waals surface area contributed by atoms with Crippen molar-refractivity contribution in [1.29, 1.82) is 0 Å². The van der Waals surface area contributed by atoms with Gasteiger partial charge < -0.3 is 10.2 Å². The summed E-state index contributed by atoms with van der Waals surface area (Å²) in [5, 5.41) is 4.95. The zero-order chi connectivity index (χ0) is 17.6. The number of hydrogen-bond donors (Lipinski definition) is 3. The van der Waals surface area contributed by atoms with E-state index >= 15 is 0 Å². The maximum absolute atomic E-state index is 12.1. The summed E-state index contributed by atoms with van der Waals surface area (Å²) in [7, 11) is 0. The lowest BCUT2D eigenvalue weighted by Gasteiger charge is -2.29. The summed E-state index contributed by atoms with van der Waals surface area (Å²) in [5.41, 5.74) is 4.78. The number of quaternary nitrogens is 1. The molecule has 7 heteroatoms. The molecule has 1 aromatic rings. The minimum Gasteiger partial charge on any atom is -0.349 e. The first-order valence-electron chi connectivity index (χ1n) is 8.75. The maximum atomic E-state index is 12.1. The van der Waals surface area contributed by atoms with Crippen LogP contribution in [0.1, 0.15) is 24.8 Å². The van der Waals surface area contributed by atoms with Crippen LogP contribution in [-0.4, -0.2) is 49.5 Å². The van der Waals surface area contributed by atoms with E-state index in [9.17, 15) is 9.59 Å². The predicted octanol–water partition coefficient (Wildman–Crippen LogP) is 0.213. The summed E-state index contributed by atoms with van der Waals surface area (Å²) in [5.74, 6) is -0.255. The fourth-order valence-electron chi connectivity index (χ4n) is 3.20. The molecule has 1 saturated heterocycles. The second-order valence-electron chi connectivity index (χ2n) is 6.48. The highest BCUT2D eigenvalue weighted by molar-refractivity contribution is 6.30. The molecule has 6 nitrogen and oxygen atoms in total. The molecule has 0 radical (unpaired) electrons. The van der Waals surface area contributed by atoms with E-state index in [2.05, 4.69) is 10.7 Å². The lowest BCUT2D eigenvalue weighted by atomic mass is 10.1. The molecular formula is C18H24ClN4O2+. The third-order valence-corrected chi connectivity index (χ3v) is 4.86. The van der Waals surface area contributed by atoms with Gasteiger partial charge in [-0.3, -0.25) is 15.0 Å². The molecule has 25 heavy (non-hydrogen) atoms. The van der Waals surface area contributed by atoms with Gasteiger partial charge in [0.15, 0.2) is 0 Å². The number of nitrogens with one attached hydrogen (secondary N) is 3. The molecule has 1 fully saturated rings. The van der Waals surface area contributed by atoms with E-state index in [-0.39, 0.29) is 24.8 Å². The Labute approximate surface area is 152 Å². The summed E-state index contributed by atoms with van der Waals surface area (Å²) in [6.45, 7) is 3.99. The Morgan fingerprint density at radius 2 is 1.96 bits per heavy atom. The normalized spacial score (nSPS) is 18.0. The van der Waals surface area contributed by atoms with Crippen molar-refractivity contribution < 1.29 is 14.5 Å². The number of carbonyl (C=O) groups is 2. The number of nitrogens with zero attached hydrogens (tertiary/aromatic N) is 1. The van der Waals surface area contributed by atoms with Crippen LogP contribution in [0.5, 0.6) is 0 Å². The number of carbonyl (C=O) groups excluding carboxylic acids is 2. The number of rotatable bonds is 6. The first-order valence-corrected chi connectivity index (χ1v) is 9.13. The third-order valence-electron chi connectivity index (χ3n) is 4.61. The van der Waals surface area contributed by atoms with Crippen molar-refractivity contribution in [3.63, 3.8) is 0 Å².